The molecule has 2 rings (SSSR count). The Morgan fingerprint density at radius 2 is 1.89 bits per heavy atom. The van der Waals surface area contributed by atoms with Crippen LogP contribution in [0.3, 0.4) is 0 Å². The molecule has 0 saturated carbocycles. The second-order valence-corrected chi connectivity index (χ2v) is 5.65. The van der Waals surface area contributed by atoms with E-state index in [-0.39, 0.29) is 0 Å². The van der Waals surface area contributed by atoms with Crippen LogP contribution in [0.4, 0.5) is 0 Å². The van der Waals surface area contributed by atoms with Gasteiger partial charge in [0.2, 0.25) is 0 Å². The van der Waals surface area contributed by atoms with Gasteiger partial charge < -0.3 is 5.11 Å². The Balaban J connectivity index is 2.04. The molecule has 0 aliphatic carbocycles. The number of aryl methyl sites for hydroxylation is 2. The first-order chi connectivity index (χ1) is 9.06. The molecule has 100 valence electrons. The van der Waals surface area contributed by atoms with Gasteiger partial charge in [-0.05, 0) is 32.9 Å². The average Bonchev–Trinajstić information content (AvgIpc) is 2.37. The second kappa shape index (κ2) is 6.17. The molecule has 0 spiro atoms. The largest absolute Gasteiger partial charge is 0.389 e. The highest BCUT2D eigenvalue weighted by Gasteiger charge is 2.08. The number of benzene rings is 1. The summed E-state index contributed by atoms with van der Waals surface area (Å²) in [7, 11) is 0. The molecule has 0 radical (unpaired) electrons. The Morgan fingerprint density at radius 1 is 1.21 bits per heavy atom. The molecule has 0 bridgehead atoms. The predicted octanol–water partition coefficient (Wildman–Crippen LogP) is 3.44. The summed E-state index contributed by atoms with van der Waals surface area (Å²) >= 11 is 1.72. The van der Waals surface area contributed by atoms with Crippen LogP contribution < -0.4 is 0 Å². The van der Waals surface area contributed by atoms with Gasteiger partial charge >= 0.3 is 0 Å². The summed E-state index contributed by atoms with van der Waals surface area (Å²) in [6.45, 7) is 5.71. The monoisotopic (exact) mass is 274 g/mol. The minimum Gasteiger partial charge on any atom is -0.389 e. The van der Waals surface area contributed by atoms with Crippen LogP contribution in [0.25, 0.3) is 0 Å². The molecule has 1 atom stereocenters. The van der Waals surface area contributed by atoms with Crippen LogP contribution in [0, 0.1) is 13.8 Å². The van der Waals surface area contributed by atoms with Gasteiger partial charge in [0.15, 0.2) is 0 Å². The highest BCUT2D eigenvalue weighted by Crippen LogP contribution is 2.22. The van der Waals surface area contributed by atoms with Gasteiger partial charge in [0.1, 0.15) is 5.82 Å². The van der Waals surface area contributed by atoms with E-state index >= 15 is 0 Å². The van der Waals surface area contributed by atoms with Crippen molar-refractivity contribution in [2.45, 2.75) is 37.5 Å². The van der Waals surface area contributed by atoms with Gasteiger partial charge in [0, 0.05) is 22.3 Å². The lowest BCUT2D eigenvalue weighted by Gasteiger charge is -2.09. The standard InChI is InChI=1S/C15H18N2OS/c1-10-4-6-13(7-5-10)19-9-15-16-8-14(12(3)18)11(2)17-15/h4-8,12,18H,9H2,1-3H3/t12-/m0/s1. The van der Waals surface area contributed by atoms with Crippen molar-refractivity contribution >= 4 is 11.8 Å². The number of nitrogens with zero attached hydrogens (tertiary/aromatic N) is 2. The summed E-state index contributed by atoms with van der Waals surface area (Å²) in [5.74, 6) is 1.54. The Labute approximate surface area is 118 Å². The predicted molar refractivity (Wildman–Crippen MR) is 78.1 cm³/mol. The molecule has 0 saturated heterocycles. The third-order valence-electron chi connectivity index (χ3n) is 2.91. The van der Waals surface area contributed by atoms with Gasteiger partial charge in [0.25, 0.3) is 0 Å². The maximum atomic E-state index is 9.54. The summed E-state index contributed by atoms with van der Waals surface area (Å²) in [6.07, 6.45) is 1.21. The summed E-state index contributed by atoms with van der Waals surface area (Å²) < 4.78 is 0. The first-order valence-corrected chi connectivity index (χ1v) is 7.25. The molecule has 1 aromatic heterocycles. The number of aromatic nitrogens is 2. The minimum atomic E-state index is -0.515. The van der Waals surface area contributed by atoms with Crippen molar-refractivity contribution in [1.82, 2.24) is 9.97 Å². The van der Waals surface area contributed by atoms with Crippen LogP contribution in [-0.4, -0.2) is 15.1 Å². The molecule has 4 heteroatoms. The van der Waals surface area contributed by atoms with Gasteiger partial charge in [-0.25, -0.2) is 9.97 Å². The third-order valence-corrected chi connectivity index (χ3v) is 3.91. The maximum Gasteiger partial charge on any atom is 0.138 e. The highest BCUT2D eigenvalue weighted by molar-refractivity contribution is 7.98. The van der Waals surface area contributed by atoms with Crippen LogP contribution >= 0.6 is 11.8 Å². The Hall–Kier alpha value is -1.39. The van der Waals surface area contributed by atoms with Gasteiger partial charge in [-0.15, -0.1) is 11.8 Å². The zero-order chi connectivity index (χ0) is 13.8. The first-order valence-electron chi connectivity index (χ1n) is 6.26. The smallest absolute Gasteiger partial charge is 0.138 e. The fraction of sp³-hybridized carbons (Fsp3) is 0.333. The Bertz CT molecular complexity index is 553. The number of aliphatic hydroxyl groups is 1. The number of rotatable bonds is 4. The summed E-state index contributed by atoms with van der Waals surface area (Å²) in [5.41, 5.74) is 2.91. The van der Waals surface area contributed by atoms with E-state index in [0.29, 0.717) is 0 Å². The zero-order valence-corrected chi connectivity index (χ0v) is 12.2. The molecule has 0 aliphatic rings. The molecule has 19 heavy (non-hydrogen) atoms. The molecule has 2 aromatic rings. The lowest BCUT2D eigenvalue weighted by molar-refractivity contribution is 0.197. The number of hydrogen-bond donors (Lipinski definition) is 1. The van der Waals surface area contributed by atoms with Crippen LogP contribution in [0.2, 0.25) is 0 Å². The molecular formula is C15H18N2OS. The number of hydrogen-bond acceptors (Lipinski definition) is 4. The third kappa shape index (κ3) is 3.78. The molecule has 1 heterocycles. The lowest BCUT2D eigenvalue weighted by atomic mass is 10.1. The molecule has 1 N–H and O–H groups in total. The van der Waals surface area contributed by atoms with Crippen LogP contribution in [0.1, 0.15) is 35.7 Å². The SMILES string of the molecule is Cc1ccc(SCc2ncc([C@H](C)O)c(C)n2)cc1. The molecule has 0 fully saturated rings. The van der Waals surface area contributed by atoms with Crippen LogP contribution in [0.15, 0.2) is 35.4 Å². The van der Waals surface area contributed by atoms with E-state index < -0.39 is 6.10 Å². The van der Waals surface area contributed by atoms with Crippen molar-refractivity contribution in [2.24, 2.45) is 0 Å². The molecule has 0 amide bonds. The Kier molecular flexibility index (Phi) is 4.56. The van der Waals surface area contributed by atoms with E-state index in [9.17, 15) is 5.11 Å². The van der Waals surface area contributed by atoms with Gasteiger partial charge in [0.05, 0.1) is 11.9 Å². The van der Waals surface area contributed by atoms with Crippen LogP contribution in [-0.2, 0) is 5.75 Å². The number of aliphatic hydroxyl groups excluding tert-OH is 1. The molecule has 0 unspecified atom stereocenters. The van der Waals surface area contributed by atoms with E-state index in [1.807, 2.05) is 6.92 Å². The topological polar surface area (TPSA) is 46.0 Å². The highest BCUT2D eigenvalue weighted by atomic mass is 32.2. The zero-order valence-electron chi connectivity index (χ0n) is 11.4. The maximum absolute atomic E-state index is 9.54. The first kappa shape index (κ1) is 14.0. The van der Waals surface area contributed by atoms with Crippen LogP contribution in [0.5, 0.6) is 0 Å². The molecule has 3 nitrogen and oxygen atoms in total. The van der Waals surface area contributed by atoms with E-state index in [1.165, 1.54) is 10.5 Å². The molecule has 0 aliphatic heterocycles. The van der Waals surface area contributed by atoms with Crippen molar-refractivity contribution in [1.29, 1.82) is 0 Å². The summed E-state index contributed by atoms with van der Waals surface area (Å²) in [5, 5.41) is 9.54. The minimum absolute atomic E-state index is 0.515. The van der Waals surface area contributed by atoms with Gasteiger partial charge in [-0.2, -0.15) is 0 Å². The second-order valence-electron chi connectivity index (χ2n) is 4.60. The van der Waals surface area contributed by atoms with E-state index in [0.717, 1.165) is 22.8 Å². The lowest BCUT2D eigenvalue weighted by Crippen LogP contribution is -2.02. The fourth-order valence-corrected chi connectivity index (χ4v) is 2.55. The van der Waals surface area contributed by atoms with E-state index in [2.05, 4.69) is 41.2 Å². The van der Waals surface area contributed by atoms with Crippen molar-refractivity contribution in [2.75, 3.05) is 0 Å². The Morgan fingerprint density at radius 3 is 2.47 bits per heavy atom. The average molecular weight is 274 g/mol. The van der Waals surface area contributed by atoms with E-state index in [4.69, 9.17) is 0 Å². The molecule has 1 aromatic carbocycles. The van der Waals surface area contributed by atoms with Crippen molar-refractivity contribution in [3.63, 3.8) is 0 Å². The van der Waals surface area contributed by atoms with E-state index in [1.54, 1.807) is 24.9 Å². The summed E-state index contributed by atoms with van der Waals surface area (Å²) in [4.78, 5) is 9.95. The van der Waals surface area contributed by atoms with Gasteiger partial charge in [-0.3, -0.25) is 0 Å². The number of thioether (sulfide) groups is 1. The normalized spacial score (nSPS) is 12.4. The van der Waals surface area contributed by atoms with Crippen molar-refractivity contribution in [3.8, 4) is 0 Å². The van der Waals surface area contributed by atoms with Gasteiger partial charge in [-0.1, -0.05) is 17.7 Å². The van der Waals surface area contributed by atoms with Crippen molar-refractivity contribution in [3.05, 3.63) is 53.1 Å². The quantitative estimate of drug-likeness (QED) is 0.868. The van der Waals surface area contributed by atoms with Crippen molar-refractivity contribution < 1.29 is 5.11 Å². The summed E-state index contributed by atoms with van der Waals surface area (Å²) in [6, 6.07) is 8.42. The molecular weight excluding hydrogens is 256 g/mol. The fourth-order valence-electron chi connectivity index (χ4n) is 1.79.